The average molecular weight is 377 g/mol. The van der Waals surface area contributed by atoms with Crippen molar-refractivity contribution in [2.45, 2.75) is 161 Å². The molecule has 0 heterocycles. The van der Waals surface area contributed by atoms with Crippen LogP contribution in [0.15, 0.2) is 0 Å². The third-order valence-electron chi connectivity index (χ3n) is 7.62. The lowest BCUT2D eigenvalue weighted by Gasteiger charge is -2.24. The van der Waals surface area contributed by atoms with Crippen molar-refractivity contribution >= 4 is 0 Å². The first-order chi connectivity index (χ1) is 13.4. The van der Waals surface area contributed by atoms with E-state index in [0.29, 0.717) is 0 Å². The Hall–Kier alpha value is 0. The molecule has 0 atom stereocenters. The van der Waals surface area contributed by atoms with Crippen LogP contribution in [0, 0.1) is 11.8 Å². The van der Waals surface area contributed by atoms with Gasteiger partial charge in [-0.1, -0.05) is 154 Å². The van der Waals surface area contributed by atoms with Crippen molar-refractivity contribution in [2.24, 2.45) is 11.8 Å². The van der Waals surface area contributed by atoms with Gasteiger partial charge >= 0.3 is 0 Å². The van der Waals surface area contributed by atoms with Gasteiger partial charge in [0.2, 0.25) is 0 Å². The van der Waals surface area contributed by atoms with E-state index in [2.05, 4.69) is 0 Å². The van der Waals surface area contributed by atoms with Gasteiger partial charge < -0.3 is 0 Å². The van der Waals surface area contributed by atoms with E-state index < -0.39 is 0 Å². The van der Waals surface area contributed by atoms with Crippen molar-refractivity contribution in [3.63, 3.8) is 0 Å². The molecule has 0 aromatic heterocycles. The van der Waals surface area contributed by atoms with Crippen LogP contribution < -0.4 is 0 Å². The Labute approximate surface area is 172 Å². The predicted molar refractivity (Wildman–Crippen MR) is 122 cm³/mol. The Morgan fingerprint density at radius 2 is 0.444 bits per heavy atom. The number of rotatable bonds is 2. The SMILES string of the molecule is C1CCCCCCC(CC2CCCCCCCCCCCC2)CCCCC1. The number of hydrogen-bond acceptors (Lipinski definition) is 0. The molecule has 160 valence electrons. The lowest BCUT2D eigenvalue weighted by molar-refractivity contribution is 0.283. The summed E-state index contributed by atoms with van der Waals surface area (Å²) in [6.07, 6.45) is 38.0. The van der Waals surface area contributed by atoms with Gasteiger partial charge in [-0.3, -0.25) is 0 Å². The standard InChI is InChI=1S/C27H52/c1-2-6-10-14-18-22-26(21-17-13-9-5-1)25-27-23-19-15-11-7-3-4-8-12-16-20-24-27/h26-27H,1-25H2. The second kappa shape index (κ2) is 16.9. The topological polar surface area (TPSA) is 0 Å². The molecule has 0 aromatic carbocycles. The van der Waals surface area contributed by atoms with Gasteiger partial charge in [0.25, 0.3) is 0 Å². The zero-order valence-electron chi connectivity index (χ0n) is 18.8. The fraction of sp³-hybridized carbons (Fsp3) is 1.00. The summed E-state index contributed by atoms with van der Waals surface area (Å²) in [7, 11) is 0. The summed E-state index contributed by atoms with van der Waals surface area (Å²) in [5.41, 5.74) is 0. The van der Waals surface area contributed by atoms with Gasteiger partial charge in [0.15, 0.2) is 0 Å². The van der Waals surface area contributed by atoms with E-state index in [1.807, 2.05) is 0 Å². The summed E-state index contributed by atoms with van der Waals surface area (Å²) in [6, 6.07) is 0. The molecule has 2 fully saturated rings. The monoisotopic (exact) mass is 376 g/mol. The highest BCUT2D eigenvalue weighted by Crippen LogP contribution is 2.31. The molecular weight excluding hydrogens is 324 g/mol. The molecule has 0 unspecified atom stereocenters. The summed E-state index contributed by atoms with van der Waals surface area (Å²) in [5.74, 6) is 2.12. The van der Waals surface area contributed by atoms with E-state index >= 15 is 0 Å². The second-order valence-electron chi connectivity index (χ2n) is 10.2. The fourth-order valence-electron chi connectivity index (χ4n) is 5.79. The largest absolute Gasteiger partial charge is 0.0533 e. The van der Waals surface area contributed by atoms with Crippen LogP contribution in [-0.4, -0.2) is 0 Å². The predicted octanol–water partition coefficient (Wildman–Crippen LogP) is 10.00. The summed E-state index contributed by atoms with van der Waals surface area (Å²) in [6.45, 7) is 0. The Morgan fingerprint density at radius 3 is 0.667 bits per heavy atom. The van der Waals surface area contributed by atoms with E-state index in [0.717, 1.165) is 11.8 Å². The van der Waals surface area contributed by atoms with Crippen molar-refractivity contribution in [3.8, 4) is 0 Å². The van der Waals surface area contributed by atoms with Gasteiger partial charge in [0.05, 0.1) is 0 Å². The van der Waals surface area contributed by atoms with Gasteiger partial charge in [-0.15, -0.1) is 0 Å². The van der Waals surface area contributed by atoms with Crippen molar-refractivity contribution in [1.82, 2.24) is 0 Å². The molecule has 0 aromatic rings. The Kier molecular flexibility index (Phi) is 14.6. The molecule has 0 amide bonds. The van der Waals surface area contributed by atoms with Crippen molar-refractivity contribution in [2.75, 3.05) is 0 Å². The minimum Gasteiger partial charge on any atom is -0.0533 e. The highest BCUT2D eigenvalue weighted by molar-refractivity contribution is 4.69. The first-order valence-corrected chi connectivity index (χ1v) is 13.4. The summed E-state index contributed by atoms with van der Waals surface area (Å²) in [5, 5.41) is 0. The lowest BCUT2D eigenvalue weighted by Crippen LogP contribution is -2.10. The molecule has 0 bridgehead atoms. The third-order valence-corrected chi connectivity index (χ3v) is 7.62. The molecule has 0 N–H and O–H groups in total. The van der Waals surface area contributed by atoms with E-state index in [4.69, 9.17) is 0 Å². The minimum absolute atomic E-state index is 1.06. The van der Waals surface area contributed by atoms with Crippen molar-refractivity contribution < 1.29 is 0 Å². The van der Waals surface area contributed by atoms with Gasteiger partial charge in [-0.2, -0.15) is 0 Å². The molecule has 2 saturated carbocycles. The molecule has 2 aliphatic rings. The van der Waals surface area contributed by atoms with Crippen molar-refractivity contribution in [1.29, 1.82) is 0 Å². The van der Waals surface area contributed by atoms with E-state index in [9.17, 15) is 0 Å². The maximum atomic E-state index is 1.58. The minimum atomic E-state index is 1.06. The van der Waals surface area contributed by atoms with E-state index in [1.165, 1.54) is 128 Å². The molecule has 27 heavy (non-hydrogen) atoms. The van der Waals surface area contributed by atoms with Gasteiger partial charge in [0, 0.05) is 0 Å². The fourth-order valence-corrected chi connectivity index (χ4v) is 5.79. The summed E-state index contributed by atoms with van der Waals surface area (Å²) >= 11 is 0. The van der Waals surface area contributed by atoms with Crippen LogP contribution in [0.1, 0.15) is 161 Å². The van der Waals surface area contributed by atoms with Crippen LogP contribution in [-0.2, 0) is 0 Å². The molecule has 2 aliphatic carbocycles. The molecule has 2 rings (SSSR count). The average Bonchev–Trinajstić information content (AvgIpc) is 2.72. The maximum Gasteiger partial charge on any atom is -0.0412 e. The van der Waals surface area contributed by atoms with Crippen LogP contribution in [0.5, 0.6) is 0 Å². The quantitative estimate of drug-likeness (QED) is 0.449. The molecule has 0 saturated heterocycles. The highest BCUT2D eigenvalue weighted by Gasteiger charge is 2.17. The third kappa shape index (κ3) is 13.0. The maximum absolute atomic E-state index is 1.58. The molecule has 0 nitrogen and oxygen atoms in total. The summed E-state index contributed by atoms with van der Waals surface area (Å²) < 4.78 is 0. The zero-order chi connectivity index (χ0) is 18.8. The Bertz CT molecular complexity index is 249. The van der Waals surface area contributed by atoms with Gasteiger partial charge in [-0.25, -0.2) is 0 Å². The molecule has 0 spiro atoms. The molecule has 0 aliphatic heterocycles. The smallest absolute Gasteiger partial charge is 0.0412 e. The first-order valence-electron chi connectivity index (χ1n) is 13.4. The highest BCUT2D eigenvalue weighted by atomic mass is 14.2. The number of hydrogen-bond donors (Lipinski definition) is 0. The molecule has 0 heteroatoms. The van der Waals surface area contributed by atoms with Crippen LogP contribution in [0.3, 0.4) is 0 Å². The zero-order valence-corrected chi connectivity index (χ0v) is 18.8. The van der Waals surface area contributed by atoms with E-state index in [1.54, 1.807) is 32.1 Å². The van der Waals surface area contributed by atoms with Crippen LogP contribution >= 0.6 is 0 Å². The normalized spacial score (nSPS) is 25.8. The first kappa shape index (κ1) is 23.3. The van der Waals surface area contributed by atoms with Gasteiger partial charge in [-0.05, 0) is 18.3 Å². The molecular formula is C27H52. The van der Waals surface area contributed by atoms with Crippen LogP contribution in [0.2, 0.25) is 0 Å². The van der Waals surface area contributed by atoms with Crippen LogP contribution in [0.25, 0.3) is 0 Å². The van der Waals surface area contributed by atoms with Crippen molar-refractivity contribution in [3.05, 3.63) is 0 Å². The summed E-state index contributed by atoms with van der Waals surface area (Å²) in [4.78, 5) is 0. The van der Waals surface area contributed by atoms with Gasteiger partial charge in [0.1, 0.15) is 0 Å². The Morgan fingerprint density at radius 1 is 0.259 bits per heavy atom. The molecule has 0 radical (unpaired) electrons. The van der Waals surface area contributed by atoms with E-state index in [-0.39, 0.29) is 0 Å². The van der Waals surface area contributed by atoms with Crippen LogP contribution in [0.4, 0.5) is 0 Å². The Balaban J connectivity index is 1.77. The second-order valence-corrected chi connectivity index (χ2v) is 10.2. The lowest BCUT2D eigenvalue weighted by atomic mass is 9.82.